The molecule has 0 atom stereocenters. The Morgan fingerprint density at radius 1 is 0.854 bits per heavy atom. The van der Waals surface area contributed by atoms with Crippen molar-refractivity contribution in [3.05, 3.63) is 102 Å². The van der Waals surface area contributed by atoms with E-state index in [9.17, 15) is 13.2 Å². The van der Waals surface area contributed by atoms with Gasteiger partial charge in [0, 0.05) is 23.1 Å². The maximum atomic E-state index is 13.8. The summed E-state index contributed by atoms with van der Waals surface area (Å²) in [5.41, 5.74) is 1.34. The largest absolute Gasteiger partial charge is 0.493 e. The molecule has 2 heterocycles. The number of halogens is 1. The number of carbonyl (C=O) groups is 1. The number of hydrogen-bond acceptors (Lipinski definition) is 10. The lowest BCUT2D eigenvalue weighted by Crippen LogP contribution is -2.18. The Labute approximate surface area is 283 Å². The van der Waals surface area contributed by atoms with E-state index >= 15 is 0 Å². The second-order valence-electron chi connectivity index (χ2n) is 11.4. The lowest BCUT2D eigenvalue weighted by Gasteiger charge is -2.20. The summed E-state index contributed by atoms with van der Waals surface area (Å²) in [6, 6.07) is 21.6. The van der Waals surface area contributed by atoms with Gasteiger partial charge in [0.15, 0.2) is 23.1 Å². The summed E-state index contributed by atoms with van der Waals surface area (Å²) in [4.78, 5) is 30.1. The summed E-state index contributed by atoms with van der Waals surface area (Å²) in [5, 5.41) is 3.30. The molecular formula is C34H33ClN6O6S. The molecule has 2 aromatic heterocycles. The summed E-state index contributed by atoms with van der Waals surface area (Å²) in [7, 11) is -2.75. The average Bonchev–Trinajstić information content (AvgIpc) is 3.07. The Morgan fingerprint density at radius 3 is 2.17 bits per heavy atom. The topological polar surface area (TPSA) is 155 Å². The molecule has 3 aromatic carbocycles. The minimum absolute atomic E-state index is 0.00351. The molecular weight excluding hydrogens is 656 g/mol. The summed E-state index contributed by atoms with van der Waals surface area (Å²) in [5.74, 6) is -0.305. The minimum atomic E-state index is -4.21. The molecule has 12 nitrogen and oxygen atoms in total. The average molecular weight is 689 g/mol. The van der Waals surface area contributed by atoms with Crippen molar-refractivity contribution >= 4 is 39.0 Å². The van der Waals surface area contributed by atoms with Crippen LogP contribution in [-0.2, 0) is 20.2 Å². The van der Waals surface area contributed by atoms with Crippen molar-refractivity contribution in [3.63, 3.8) is 0 Å². The molecule has 0 unspecified atom stereocenters. The van der Waals surface area contributed by atoms with Gasteiger partial charge in [0.1, 0.15) is 0 Å². The zero-order chi connectivity index (χ0) is 34.3. The number of ether oxygens (including phenoxy) is 3. The van der Waals surface area contributed by atoms with E-state index in [2.05, 4.69) is 30.0 Å². The maximum absolute atomic E-state index is 13.8. The number of hydrogen-bond donors (Lipinski definition) is 2. The van der Waals surface area contributed by atoms with Gasteiger partial charge >= 0.3 is 0 Å². The van der Waals surface area contributed by atoms with Gasteiger partial charge in [-0.05, 0) is 65.6 Å². The van der Waals surface area contributed by atoms with Crippen LogP contribution >= 0.6 is 11.6 Å². The van der Waals surface area contributed by atoms with E-state index in [4.69, 9.17) is 25.8 Å². The Kier molecular flexibility index (Phi) is 10.4. The van der Waals surface area contributed by atoms with E-state index in [0.29, 0.717) is 16.5 Å². The number of benzene rings is 3. The predicted molar refractivity (Wildman–Crippen MR) is 182 cm³/mol. The van der Waals surface area contributed by atoms with Crippen molar-refractivity contribution in [2.75, 3.05) is 23.8 Å². The maximum Gasteiger partial charge on any atom is 0.263 e. The lowest BCUT2D eigenvalue weighted by molar-refractivity contribution is -0.116. The first kappa shape index (κ1) is 34.1. The van der Waals surface area contributed by atoms with E-state index in [1.165, 1.54) is 31.6 Å². The number of amides is 1. The molecule has 0 aliphatic rings. The van der Waals surface area contributed by atoms with Crippen LogP contribution in [0.25, 0.3) is 11.6 Å². The first-order valence-corrected chi connectivity index (χ1v) is 16.6. The number of carbonyl (C=O) groups excluding carboxylic acids is 1. The standard InChI is InChI=1S/C34H33ClN6O6S/c1-34(2,3)22-10-16-25(17-11-22)48(43,44)41-30-29(47-27-9-6-5-8-26(27)45-4)33(40-32(39-30)31-36-19-7-20-37-31)46-21-18-28(42)38-24-14-12-23(35)13-15-24/h5-17,19-20H,18,21H2,1-4H3,(H,38,42)(H,39,40,41). The molecule has 0 bridgehead atoms. The highest BCUT2D eigenvalue weighted by Gasteiger charge is 2.26. The van der Waals surface area contributed by atoms with Crippen molar-refractivity contribution in [1.82, 2.24) is 19.9 Å². The molecule has 0 saturated heterocycles. The molecule has 5 rings (SSSR count). The van der Waals surface area contributed by atoms with Crippen LogP contribution in [0.15, 0.2) is 96.2 Å². The van der Waals surface area contributed by atoms with Crippen LogP contribution in [-0.4, -0.2) is 48.0 Å². The molecule has 0 aliphatic carbocycles. The quantitative estimate of drug-likeness (QED) is 0.142. The number of nitrogens with zero attached hydrogens (tertiary/aromatic N) is 4. The zero-order valence-electron chi connectivity index (χ0n) is 26.6. The summed E-state index contributed by atoms with van der Waals surface area (Å²) < 4.78 is 47.7. The highest BCUT2D eigenvalue weighted by Crippen LogP contribution is 2.41. The third-order valence-corrected chi connectivity index (χ3v) is 8.45. The van der Waals surface area contributed by atoms with Gasteiger partial charge in [-0.3, -0.25) is 9.52 Å². The summed E-state index contributed by atoms with van der Waals surface area (Å²) in [6.45, 7) is 5.95. The molecule has 0 fully saturated rings. The van der Waals surface area contributed by atoms with Gasteiger partial charge in [-0.2, -0.15) is 4.98 Å². The molecule has 0 spiro atoms. The third-order valence-electron chi connectivity index (χ3n) is 6.84. The van der Waals surface area contributed by atoms with E-state index in [0.717, 1.165) is 5.56 Å². The molecule has 48 heavy (non-hydrogen) atoms. The van der Waals surface area contributed by atoms with Crippen LogP contribution in [0.4, 0.5) is 11.5 Å². The second-order valence-corrected chi connectivity index (χ2v) is 13.5. The Balaban J connectivity index is 1.54. The Morgan fingerprint density at radius 2 is 1.52 bits per heavy atom. The van der Waals surface area contributed by atoms with Crippen LogP contribution in [0.2, 0.25) is 5.02 Å². The molecule has 248 valence electrons. The first-order valence-electron chi connectivity index (χ1n) is 14.7. The van der Waals surface area contributed by atoms with Gasteiger partial charge in [-0.1, -0.05) is 56.6 Å². The van der Waals surface area contributed by atoms with E-state index < -0.39 is 10.0 Å². The van der Waals surface area contributed by atoms with Crippen LogP contribution in [0, 0.1) is 0 Å². The van der Waals surface area contributed by atoms with E-state index in [-0.39, 0.29) is 64.1 Å². The molecule has 0 radical (unpaired) electrons. The van der Waals surface area contributed by atoms with Gasteiger partial charge < -0.3 is 19.5 Å². The molecule has 1 amide bonds. The molecule has 2 N–H and O–H groups in total. The van der Waals surface area contributed by atoms with Crippen LogP contribution in [0.3, 0.4) is 0 Å². The smallest absolute Gasteiger partial charge is 0.263 e. The fourth-order valence-electron chi connectivity index (χ4n) is 4.33. The lowest BCUT2D eigenvalue weighted by atomic mass is 9.87. The van der Waals surface area contributed by atoms with Crippen molar-refractivity contribution in [2.45, 2.75) is 37.5 Å². The molecule has 14 heteroatoms. The number of rotatable bonds is 12. The Hall–Kier alpha value is -5.27. The van der Waals surface area contributed by atoms with Gasteiger partial charge in [0.05, 0.1) is 25.0 Å². The fraction of sp³-hybridized carbons (Fsp3) is 0.206. The van der Waals surface area contributed by atoms with Crippen molar-refractivity contribution in [2.24, 2.45) is 0 Å². The minimum Gasteiger partial charge on any atom is -0.493 e. The predicted octanol–water partition coefficient (Wildman–Crippen LogP) is 6.89. The van der Waals surface area contributed by atoms with E-state index in [1.807, 2.05) is 20.8 Å². The molecule has 0 saturated carbocycles. The number of para-hydroxylation sites is 2. The number of nitrogens with one attached hydrogen (secondary N) is 2. The van der Waals surface area contributed by atoms with Gasteiger partial charge in [-0.25, -0.2) is 23.4 Å². The fourth-order valence-corrected chi connectivity index (χ4v) is 5.47. The van der Waals surface area contributed by atoms with Crippen LogP contribution in [0.1, 0.15) is 32.8 Å². The highest BCUT2D eigenvalue weighted by molar-refractivity contribution is 7.92. The Bertz CT molecular complexity index is 1990. The SMILES string of the molecule is COc1ccccc1Oc1c(NS(=O)(=O)c2ccc(C(C)(C)C)cc2)nc(-c2ncccn2)nc1OCCC(=O)Nc1ccc(Cl)cc1. The molecule has 0 aliphatic heterocycles. The van der Waals surface area contributed by atoms with Gasteiger partial charge in [-0.15, -0.1) is 0 Å². The van der Waals surface area contributed by atoms with Crippen LogP contribution < -0.4 is 24.2 Å². The van der Waals surface area contributed by atoms with Crippen LogP contribution in [0.5, 0.6) is 23.1 Å². The van der Waals surface area contributed by atoms with Crippen molar-refractivity contribution in [3.8, 4) is 34.8 Å². The molecule has 5 aromatic rings. The monoisotopic (exact) mass is 688 g/mol. The van der Waals surface area contributed by atoms with E-state index in [1.54, 1.807) is 66.7 Å². The highest BCUT2D eigenvalue weighted by atomic mass is 35.5. The van der Waals surface area contributed by atoms with Gasteiger partial charge in [0.25, 0.3) is 15.9 Å². The first-order chi connectivity index (χ1) is 22.9. The summed E-state index contributed by atoms with van der Waals surface area (Å²) >= 11 is 5.94. The number of methoxy groups -OCH3 is 1. The number of aromatic nitrogens is 4. The summed E-state index contributed by atoms with van der Waals surface area (Å²) in [6.07, 6.45) is 2.90. The third kappa shape index (κ3) is 8.55. The zero-order valence-corrected chi connectivity index (χ0v) is 28.2. The van der Waals surface area contributed by atoms with Gasteiger partial charge in [0.2, 0.25) is 17.5 Å². The number of sulfonamides is 1. The second kappa shape index (κ2) is 14.7. The number of anilines is 2. The van der Waals surface area contributed by atoms with Crippen molar-refractivity contribution < 1.29 is 27.4 Å². The normalized spacial score (nSPS) is 11.4. The van der Waals surface area contributed by atoms with Crippen molar-refractivity contribution in [1.29, 1.82) is 0 Å².